The molecule has 4 heterocycles. The van der Waals surface area contributed by atoms with Crippen molar-refractivity contribution in [3.8, 4) is 11.6 Å². The van der Waals surface area contributed by atoms with Gasteiger partial charge in [0, 0.05) is 47.5 Å². The van der Waals surface area contributed by atoms with Crippen LogP contribution in [0, 0.1) is 0 Å². The monoisotopic (exact) mass is 534 g/mol. The summed E-state index contributed by atoms with van der Waals surface area (Å²) in [6.45, 7) is 7.05. The molecule has 0 bridgehead atoms. The molecule has 0 N–H and O–H groups in total. The van der Waals surface area contributed by atoms with E-state index in [1.165, 1.54) is 10.6 Å². The normalized spacial score (nSPS) is 13.8. The van der Waals surface area contributed by atoms with Gasteiger partial charge in [0.25, 0.3) is 5.56 Å². The molecule has 1 aliphatic rings. The van der Waals surface area contributed by atoms with E-state index in [0.717, 1.165) is 40.7 Å². The van der Waals surface area contributed by atoms with Gasteiger partial charge in [0.2, 0.25) is 0 Å². The van der Waals surface area contributed by atoms with E-state index < -0.39 is 5.60 Å². The predicted molar refractivity (Wildman–Crippen MR) is 147 cm³/mol. The van der Waals surface area contributed by atoms with Crippen molar-refractivity contribution < 1.29 is 14.3 Å². The molecule has 8 nitrogen and oxygen atoms in total. The molecular weight excluding hydrogens is 504 g/mol. The van der Waals surface area contributed by atoms with Crippen molar-refractivity contribution >= 4 is 28.7 Å². The summed E-state index contributed by atoms with van der Waals surface area (Å²) in [5.74, 6) is 1.00. The van der Waals surface area contributed by atoms with E-state index in [1.54, 1.807) is 29.3 Å². The summed E-state index contributed by atoms with van der Waals surface area (Å²) in [6, 6.07) is 14.4. The Balaban J connectivity index is 1.40. The summed E-state index contributed by atoms with van der Waals surface area (Å²) in [5.41, 5.74) is 3.16. The number of nitrogens with zero attached hydrogens (tertiary/aromatic N) is 4. The van der Waals surface area contributed by atoms with Crippen molar-refractivity contribution in [1.29, 1.82) is 0 Å². The zero-order chi connectivity index (χ0) is 27.0. The van der Waals surface area contributed by atoms with E-state index in [4.69, 9.17) is 26.1 Å². The van der Waals surface area contributed by atoms with Crippen LogP contribution in [0.5, 0.6) is 5.75 Å². The van der Waals surface area contributed by atoms with Gasteiger partial charge in [0.05, 0.1) is 6.54 Å². The van der Waals surface area contributed by atoms with Gasteiger partial charge in [-0.3, -0.25) is 9.36 Å². The van der Waals surface area contributed by atoms with E-state index in [9.17, 15) is 9.59 Å². The summed E-state index contributed by atoms with van der Waals surface area (Å²) >= 11 is 5.93. The lowest BCUT2D eigenvalue weighted by molar-refractivity contribution is 0.0237. The SMILES string of the molecule is Cn1c2c(c3ccc(-n4ccc(OCc5ccc(Cl)cc5)cc4=O)nc31)CN(C(=O)OC(C)(C)C)CCC2. The van der Waals surface area contributed by atoms with Crippen molar-refractivity contribution in [3.05, 3.63) is 86.9 Å². The van der Waals surface area contributed by atoms with Crippen LogP contribution in [-0.4, -0.2) is 37.3 Å². The first kappa shape index (κ1) is 25.9. The molecule has 9 heteroatoms. The Bertz CT molecular complexity index is 1550. The number of carbonyl (C=O) groups excluding carboxylic acids is 1. The van der Waals surface area contributed by atoms with Crippen molar-refractivity contribution in [3.63, 3.8) is 0 Å². The molecule has 38 heavy (non-hydrogen) atoms. The maximum atomic E-state index is 13.0. The van der Waals surface area contributed by atoms with E-state index in [-0.39, 0.29) is 11.7 Å². The minimum Gasteiger partial charge on any atom is -0.489 e. The number of fused-ring (bicyclic) bond motifs is 3. The lowest BCUT2D eigenvalue weighted by Crippen LogP contribution is -2.36. The van der Waals surface area contributed by atoms with Crippen LogP contribution in [0.3, 0.4) is 0 Å². The third kappa shape index (κ3) is 5.41. The number of amides is 1. The number of rotatable bonds is 4. The molecule has 1 aromatic carbocycles. The Kier molecular flexibility index (Phi) is 6.92. The summed E-state index contributed by atoms with van der Waals surface area (Å²) in [4.78, 5) is 32.3. The first-order valence-corrected chi connectivity index (χ1v) is 13.0. The highest BCUT2D eigenvalue weighted by molar-refractivity contribution is 6.30. The fourth-order valence-electron chi connectivity index (χ4n) is 4.72. The quantitative estimate of drug-likeness (QED) is 0.338. The number of carbonyl (C=O) groups is 1. The largest absolute Gasteiger partial charge is 0.489 e. The zero-order valence-electron chi connectivity index (χ0n) is 22.0. The molecule has 198 valence electrons. The number of aryl methyl sites for hydroxylation is 1. The van der Waals surface area contributed by atoms with Crippen LogP contribution in [-0.2, 0) is 31.4 Å². The topological polar surface area (TPSA) is 78.6 Å². The molecule has 0 saturated carbocycles. The Labute approximate surface area is 226 Å². The third-order valence-electron chi connectivity index (χ3n) is 6.56. The van der Waals surface area contributed by atoms with Gasteiger partial charge in [0.1, 0.15) is 29.4 Å². The number of ether oxygens (including phenoxy) is 2. The summed E-state index contributed by atoms with van der Waals surface area (Å²) in [5, 5.41) is 1.63. The minimum atomic E-state index is -0.550. The van der Waals surface area contributed by atoms with Gasteiger partial charge < -0.3 is 18.9 Å². The molecule has 0 saturated heterocycles. The highest BCUT2D eigenvalue weighted by Gasteiger charge is 2.28. The molecule has 0 fully saturated rings. The zero-order valence-corrected chi connectivity index (χ0v) is 22.8. The van der Waals surface area contributed by atoms with Gasteiger partial charge in [-0.2, -0.15) is 0 Å². The third-order valence-corrected chi connectivity index (χ3v) is 6.81. The molecule has 0 atom stereocenters. The fraction of sp³-hybridized carbons (Fsp3) is 0.345. The molecule has 4 aromatic rings. The highest BCUT2D eigenvalue weighted by atomic mass is 35.5. The summed E-state index contributed by atoms with van der Waals surface area (Å²) < 4.78 is 15.0. The predicted octanol–water partition coefficient (Wildman–Crippen LogP) is 5.64. The van der Waals surface area contributed by atoms with Gasteiger partial charge in [-0.1, -0.05) is 23.7 Å². The Morgan fingerprint density at radius 2 is 1.87 bits per heavy atom. The smallest absolute Gasteiger partial charge is 0.410 e. The second-order valence-corrected chi connectivity index (χ2v) is 11.0. The van der Waals surface area contributed by atoms with Crippen molar-refractivity contribution in [1.82, 2.24) is 19.0 Å². The van der Waals surface area contributed by atoms with E-state index in [2.05, 4.69) is 4.57 Å². The van der Waals surface area contributed by atoms with Crippen LogP contribution in [0.25, 0.3) is 16.9 Å². The van der Waals surface area contributed by atoms with E-state index in [0.29, 0.717) is 36.3 Å². The average molecular weight is 535 g/mol. The second kappa shape index (κ2) is 10.2. The molecule has 1 amide bonds. The van der Waals surface area contributed by atoms with Crippen LogP contribution in [0.1, 0.15) is 44.0 Å². The number of aromatic nitrogens is 3. The van der Waals surface area contributed by atoms with Crippen LogP contribution < -0.4 is 10.3 Å². The number of hydrogen-bond donors (Lipinski definition) is 0. The fourth-order valence-corrected chi connectivity index (χ4v) is 4.85. The van der Waals surface area contributed by atoms with Crippen molar-refractivity contribution in [2.75, 3.05) is 6.54 Å². The number of pyridine rings is 2. The molecule has 0 spiro atoms. The van der Waals surface area contributed by atoms with Crippen molar-refractivity contribution in [2.24, 2.45) is 7.05 Å². The van der Waals surface area contributed by atoms with Crippen LogP contribution in [0.2, 0.25) is 5.02 Å². The minimum absolute atomic E-state index is 0.239. The second-order valence-electron chi connectivity index (χ2n) is 10.5. The van der Waals surface area contributed by atoms with Gasteiger partial charge in [-0.25, -0.2) is 9.78 Å². The van der Waals surface area contributed by atoms with Crippen molar-refractivity contribution in [2.45, 2.75) is 52.4 Å². The average Bonchev–Trinajstić information content (AvgIpc) is 3.00. The molecule has 3 aromatic heterocycles. The van der Waals surface area contributed by atoms with Gasteiger partial charge >= 0.3 is 6.09 Å². The van der Waals surface area contributed by atoms with E-state index >= 15 is 0 Å². The molecule has 1 aliphatic heterocycles. The van der Waals surface area contributed by atoms with Crippen LogP contribution in [0.15, 0.2) is 59.5 Å². The lowest BCUT2D eigenvalue weighted by atomic mass is 10.1. The molecule has 0 radical (unpaired) electrons. The number of hydrogen-bond acceptors (Lipinski definition) is 5. The summed E-state index contributed by atoms with van der Waals surface area (Å²) in [6.07, 6.45) is 3.03. The Morgan fingerprint density at radius 3 is 2.58 bits per heavy atom. The van der Waals surface area contributed by atoms with Gasteiger partial charge in [0.15, 0.2) is 0 Å². The molecule has 0 unspecified atom stereocenters. The maximum Gasteiger partial charge on any atom is 0.410 e. The van der Waals surface area contributed by atoms with E-state index in [1.807, 2.05) is 52.1 Å². The van der Waals surface area contributed by atoms with Gasteiger partial charge in [-0.05, 0) is 69.5 Å². The lowest BCUT2D eigenvalue weighted by Gasteiger charge is -2.26. The highest BCUT2D eigenvalue weighted by Crippen LogP contribution is 2.30. The summed E-state index contributed by atoms with van der Waals surface area (Å²) in [7, 11) is 1.98. The van der Waals surface area contributed by atoms with Gasteiger partial charge in [-0.15, -0.1) is 0 Å². The Morgan fingerprint density at radius 1 is 1.11 bits per heavy atom. The van der Waals surface area contributed by atoms with Crippen LogP contribution >= 0.6 is 11.6 Å². The maximum absolute atomic E-state index is 13.0. The number of benzene rings is 1. The molecule has 0 aliphatic carbocycles. The number of halogens is 1. The molecule has 5 rings (SSSR count). The standard InChI is InChI=1S/C29H31ClN4O4/c1-29(2,3)38-28(36)33-14-5-6-24-23(17-33)22-11-12-25(31-27(22)32(24)4)34-15-13-21(16-26(34)35)37-18-19-7-9-20(30)10-8-19/h7-13,15-16H,5-6,14,17-18H2,1-4H3. The van der Waals surface area contributed by atoms with Crippen LogP contribution in [0.4, 0.5) is 4.79 Å². The first-order chi connectivity index (χ1) is 18.1. The first-order valence-electron chi connectivity index (χ1n) is 12.6. The molecular formula is C29H31ClN4O4. The Hall–Kier alpha value is -3.78.